The molecule has 0 radical (unpaired) electrons. The number of carbonyl (C=O) groups is 3. The third-order valence-electron chi connectivity index (χ3n) is 8.78. The van der Waals surface area contributed by atoms with Gasteiger partial charge >= 0.3 is 0 Å². The molecule has 1 saturated carbocycles. The second-order valence-corrected chi connectivity index (χ2v) is 19.9. The van der Waals surface area contributed by atoms with Crippen molar-refractivity contribution in [3.8, 4) is 0 Å². The Hall–Kier alpha value is -2.20. The molecule has 2 aliphatic heterocycles. The van der Waals surface area contributed by atoms with Crippen LogP contribution in [0.4, 0.5) is 5.69 Å². The normalized spacial score (nSPS) is 25.4. The molecule has 2 heterocycles. The van der Waals surface area contributed by atoms with Crippen LogP contribution in [0.15, 0.2) is 46.9 Å². The quantitative estimate of drug-likeness (QED) is 0.281. The molecular formula is C30H37BrClN3O4Si. The standard InChI is InChI=1S/C30H37BrClN3O4Si/c1-29(10-11-29)27-30(23(19-6-5-7-21(32)14-19)16-26(37)34(27)17-25(33)36)22-9-8-20(31)15-24(22)35(28(30)38)18-39-12-13-40(2,3)4/h5-9,14-15,23,27H,10-13,16-18H2,1-4H3,(H2,33,36)/t23-,27+,30-/m0/s1. The molecule has 5 rings (SSSR count). The van der Waals surface area contributed by atoms with Crippen molar-refractivity contribution in [1.29, 1.82) is 0 Å². The lowest BCUT2D eigenvalue weighted by Crippen LogP contribution is -2.67. The summed E-state index contributed by atoms with van der Waals surface area (Å²) in [6.07, 6.45) is 1.75. The number of amides is 3. The van der Waals surface area contributed by atoms with Crippen LogP contribution in [0.3, 0.4) is 0 Å². The average Bonchev–Trinajstić information content (AvgIpc) is 3.56. The summed E-state index contributed by atoms with van der Waals surface area (Å²) < 4.78 is 7.00. The molecule has 10 heteroatoms. The zero-order chi connectivity index (χ0) is 29.0. The molecule has 0 unspecified atom stereocenters. The van der Waals surface area contributed by atoms with Crippen LogP contribution in [0.2, 0.25) is 30.7 Å². The first-order valence-corrected chi connectivity index (χ1v) is 18.7. The zero-order valence-electron chi connectivity index (χ0n) is 23.5. The largest absolute Gasteiger partial charge is 0.368 e. The van der Waals surface area contributed by atoms with Crippen LogP contribution in [0.1, 0.15) is 43.2 Å². The van der Waals surface area contributed by atoms with Gasteiger partial charge in [0.05, 0.1) is 18.3 Å². The number of hydrogen-bond donors (Lipinski definition) is 1. The van der Waals surface area contributed by atoms with Gasteiger partial charge in [-0.15, -0.1) is 0 Å². The fourth-order valence-corrected chi connectivity index (χ4v) is 7.97. The molecule has 2 aromatic carbocycles. The van der Waals surface area contributed by atoms with Gasteiger partial charge < -0.3 is 15.4 Å². The van der Waals surface area contributed by atoms with Crippen molar-refractivity contribution in [2.75, 3.05) is 24.8 Å². The molecule has 214 valence electrons. The van der Waals surface area contributed by atoms with E-state index in [1.54, 1.807) is 15.9 Å². The molecule has 0 aromatic heterocycles. The first kappa shape index (κ1) is 29.3. The van der Waals surface area contributed by atoms with E-state index in [-0.39, 0.29) is 36.9 Å². The van der Waals surface area contributed by atoms with Crippen LogP contribution in [-0.4, -0.2) is 56.6 Å². The van der Waals surface area contributed by atoms with Crippen LogP contribution in [0.25, 0.3) is 0 Å². The summed E-state index contributed by atoms with van der Waals surface area (Å²) >= 11 is 10.1. The van der Waals surface area contributed by atoms with Gasteiger partial charge in [-0.2, -0.15) is 0 Å². The highest BCUT2D eigenvalue weighted by Crippen LogP contribution is 2.65. The van der Waals surface area contributed by atoms with Gasteiger partial charge in [-0.3, -0.25) is 19.3 Å². The molecule has 2 aromatic rings. The molecule has 0 bridgehead atoms. The Balaban J connectivity index is 1.71. The van der Waals surface area contributed by atoms with Crippen molar-refractivity contribution >= 4 is 59.0 Å². The Morgan fingerprint density at radius 3 is 2.52 bits per heavy atom. The number of hydrogen-bond acceptors (Lipinski definition) is 4. The molecule has 40 heavy (non-hydrogen) atoms. The number of fused-ring (bicyclic) bond motifs is 2. The first-order valence-electron chi connectivity index (χ1n) is 13.8. The molecule has 3 atom stereocenters. The van der Waals surface area contributed by atoms with E-state index in [0.717, 1.165) is 40.2 Å². The molecule has 1 saturated heterocycles. The molecular weight excluding hydrogens is 610 g/mol. The second kappa shape index (κ2) is 10.6. The summed E-state index contributed by atoms with van der Waals surface area (Å²) in [6.45, 7) is 9.45. The Morgan fingerprint density at radius 2 is 1.90 bits per heavy atom. The Bertz CT molecular complexity index is 1360. The SMILES string of the molecule is CC1([C@H]2N(CC(N)=O)C(=O)C[C@@H](c3cccc(Cl)c3)[C@]23C(=O)N(COCC[Si](C)(C)C)c2cc(Br)ccc23)CC1. The van der Waals surface area contributed by atoms with E-state index in [0.29, 0.717) is 11.6 Å². The van der Waals surface area contributed by atoms with E-state index < -0.39 is 31.4 Å². The molecule has 2 fully saturated rings. The average molecular weight is 647 g/mol. The second-order valence-electron chi connectivity index (χ2n) is 13.0. The van der Waals surface area contributed by atoms with Crippen LogP contribution >= 0.6 is 27.5 Å². The minimum absolute atomic E-state index is 0.0613. The maximum Gasteiger partial charge on any atom is 0.242 e. The van der Waals surface area contributed by atoms with Gasteiger partial charge in [-0.25, -0.2) is 0 Å². The number of benzene rings is 2. The minimum Gasteiger partial charge on any atom is -0.368 e. The fourth-order valence-electron chi connectivity index (χ4n) is 6.67. The lowest BCUT2D eigenvalue weighted by Gasteiger charge is -2.54. The highest BCUT2D eigenvalue weighted by Gasteiger charge is 2.70. The van der Waals surface area contributed by atoms with Crippen LogP contribution in [0, 0.1) is 5.41 Å². The number of ether oxygens (including phenoxy) is 1. The summed E-state index contributed by atoms with van der Waals surface area (Å²) in [5, 5.41) is 0.543. The molecule has 2 N–H and O–H groups in total. The smallest absolute Gasteiger partial charge is 0.242 e. The van der Waals surface area contributed by atoms with Gasteiger partial charge in [0.2, 0.25) is 17.7 Å². The van der Waals surface area contributed by atoms with Crippen molar-refractivity contribution < 1.29 is 19.1 Å². The first-order chi connectivity index (χ1) is 18.8. The van der Waals surface area contributed by atoms with Gasteiger partial charge in [0, 0.05) is 36.5 Å². The highest BCUT2D eigenvalue weighted by atomic mass is 79.9. The van der Waals surface area contributed by atoms with E-state index in [2.05, 4.69) is 42.5 Å². The maximum atomic E-state index is 15.1. The maximum absolute atomic E-state index is 15.1. The Labute approximate surface area is 250 Å². The minimum atomic E-state index is -1.33. The van der Waals surface area contributed by atoms with E-state index in [4.69, 9.17) is 22.1 Å². The van der Waals surface area contributed by atoms with Gasteiger partial charge in [-0.1, -0.05) is 72.3 Å². The van der Waals surface area contributed by atoms with Crippen molar-refractivity contribution in [1.82, 2.24) is 4.90 Å². The number of carbonyl (C=O) groups excluding carboxylic acids is 3. The van der Waals surface area contributed by atoms with E-state index in [9.17, 15) is 9.59 Å². The number of primary amides is 1. The number of rotatable bonds is 9. The number of anilines is 1. The van der Waals surface area contributed by atoms with Gasteiger partial charge in [0.1, 0.15) is 12.1 Å². The van der Waals surface area contributed by atoms with E-state index in [1.165, 1.54) is 0 Å². The van der Waals surface area contributed by atoms with Crippen molar-refractivity contribution in [2.24, 2.45) is 11.1 Å². The zero-order valence-corrected chi connectivity index (χ0v) is 26.8. The van der Waals surface area contributed by atoms with E-state index in [1.807, 2.05) is 36.4 Å². The number of halogens is 2. The lowest BCUT2D eigenvalue weighted by atomic mass is 9.56. The van der Waals surface area contributed by atoms with Crippen molar-refractivity contribution in [3.05, 3.63) is 63.1 Å². The summed E-state index contributed by atoms with van der Waals surface area (Å²) in [4.78, 5) is 44.5. The Morgan fingerprint density at radius 1 is 1.18 bits per heavy atom. The lowest BCUT2D eigenvalue weighted by molar-refractivity contribution is -0.152. The fraction of sp³-hybridized carbons (Fsp3) is 0.500. The molecule has 7 nitrogen and oxygen atoms in total. The third-order valence-corrected chi connectivity index (χ3v) is 11.2. The third kappa shape index (κ3) is 5.14. The van der Waals surface area contributed by atoms with Crippen molar-refractivity contribution in [3.63, 3.8) is 0 Å². The molecule has 3 aliphatic rings. The van der Waals surface area contributed by atoms with Crippen molar-refractivity contribution in [2.45, 2.75) is 69.2 Å². The van der Waals surface area contributed by atoms with Gasteiger partial charge in [-0.05, 0) is 59.7 Å². The summed E-state index contributed by atoms with van der Waals surface area (Å²) in [7, 11) is -1.33. The van der Waals surface area contributed by atoms with Gasteiger partial charge in [0.25, 0.3) is 0 Å². The number of nitrogens with zero attached hydrogens (tertiary/aromatic N) is 2. The Kier molecular flexibility index (Phi) is 7.74. The van der Waals surface area contributed by atoms with E-state index >= 15 is 4.79 Å². The number of piperidine rings is 1. The molecule has 3 amide bonds. The molecule has 1 aliphatic carbocycles. The highest BCUT2D eigenvalue weighted by molar-refractivity contribution is 9.10. The topological polar surface area (TPSA) is 92.9 Å². The monoisotopic (exact) mass is 645 g/mol. The molecule has 1 spiro atoms. The van der Waals surface area contributed by atoms with Gasteiger partial charge in [0.15, 0.2) is 0 Å². The summed E-state index contributed by atoms with van der Waals surface area (Å²) in [5.74, 6) is -1.36. The number of likely N-dealkylation sites (tertiary alicyclic amines) is 1. The van der Waals surface area contributed by atoms with Crippen LogP contribution < -0.4 is 10.6 Å². The predicted octanol–water partition coefficient (Wildman–Crippen LogP) is 5.67. The van der Waals surface area contributed by atoms with Crippen LogP contribution in [0.5, 0.6) is 0 Å². The predicted molar refractivity (Wildman–Crippen MR) is 163 cm³/mol. The number of nitrogens with two attached hydrogens (primary N) is 1. The summed E-state index contributed by atoms with van der Waals surface area (Å²) in [5.41, 5.74) is 6.64. The summed E-state index contributed by atoms with van der Waals surface area (Å²) in [6, 6.07) is 13.8. The van der Waals surface area contributed by atoms with Crippen LogP contribution in [-0.2, 0) is 24.5 Å².